The molecule has 0 unspecified atom stereocenters. The molecule has 0 aliphatic carbocycles. The summed E-state index contributed by atoms with van der Waals surface area (Å²) in [5.74, 6) is -0.317. The first kappa shape index (κ1) is 20.1. The highest BCUT2D eigenvalue weighted by Crippen LogP contribution is 2.04. The Morgan fingerprint density at radius 1 is 1.23 bits per heavy atom. The molecule has 0 saturated heterocycles. The lowest BCUT2D eigenvalue weighted by molar-refractivity contribution is 0.0954. The minimum atomic E-state index is -0.627. The number of rotatable bonds is 5. The molecule has 0 fully saturated rings. The van der Waals surface area contributed by atoms with Crippen LogP contribution in [0.15, 0.2) is 21.9 Å². The Balaban J connectivity index is 0.00000220. The van der Waals surface area contributed by atoms with E-state index in [9.17, 15) is 14.4 Å². The molecule has 4 N–H and O–H groups in total. The van der Waals surface area contributed by atoms with Gasteiger partial charge in [0, 0.05) is 19.3 Å². The van der Waals surface area contributed by atoms with Gasteiger partial charge in [-0.05, 0) is 12.6 Å². The molecular weight excluding hydrogens is 333 g/mol. The van der Waals surface area contributed by atoms with Gasteiger partial charge in [-0.2, -0.15) is 0 Å². The van der Waals surface area contributed by atoms with Gasteiger partial charge < -0.3 is 10.6 Å². The predicted molar refractivity (Wildman–Crippen MR) is 88.4 cm³/mol. The molecule has 2 aromatic rings. The Morgan fingerprint density at radius 3 is 2.64 bits per heavy atom. The van der Waals surface area contributed by atoms with Gasteiger partial charge >= 0.3 is 5.69 Å². The van der Waals surface area contributed by atoms with Crippen LogP contribution in [-0.2, 0) is 0 Å². The number of amides is 1. The summed E-state index contributed by atoms with van der Waals surface area (Å²) in [7, 11) is 0. The number of carbonyl (C=O) groups is 1. The Hall–Kier alpha value is -1.90. The summed E-state index contributed by atoms with van der Waals surface area (Å²) in [4.78, 5) is 43.0. The standard InChI is InChI=1S/C12H15N5O3.2ClH/c1-2-13-3-4-14-10(18)7-5-8-9(15-6-7)16-12(20)17-11(8)19;;/h5-6,13H,2-4H2,1H3,(H,14,18)(H2,15,16,17,19,20);2*1H. The number of hydrogen-bond donors (Lipinski definition) is 4. The van der Waals surface area contributed by atoms with E-state index in [0.717, 1.165) is 6.54 Å². The monoisotopic (exact) mass is 349 g/mol. The van der Waals surface area contributed by atoms with Gasteiger partial charge in [0.2, 0.25) is 0 Å². The van der Waals surface area contributed by atoms with Gasteiger partial charge in [-0.15, -0.1) is 24.8 Å². The zero-order valence-corrected chi connectivity index (χ0v) is 13.4. The zero-order chi connectivity index (χ0) is 14.5. The number of likely N-dealkylation sites (N-methyl/N-ethyl adjacent to an activating group) is 1. The third-order valence-corrected chi connectivity index (χ3v) is 2.69. The van der Waals surface area contributed by atoms with E-state index < -0.39 is 11.2 Å². The van der Waals surface area contributed by atoms with Crippen molar-refractivity contribution >= 4 is 41.8 Å². The number of pyridine rings is 1. The number of H-pyrrole nitrogens is 2. The molecule has 1 amide bonds. The van der Waals surface area contributed by atoms with Crippen LogP contribution in [0.4, 0.5) is 0 Å². The van der Waals surface area contributed by atoms with E-state index in [0.29, 0.717) is 13.1 Å². The Labute approximate surface area is 137 Å². The Morgan fingerprint density at radius 2 is 1.95 bits per heavy atom. The molecule has 0 saturated carbocycles. The molecule has 0 aliphatic rings. The zero-order valence-electron chi connectivity index (χ0n) is 11.8. The topological polar surface area (TPSA) is 120 Å². The lowest BCUT2D eigenvalue weighted by Crippen LogP contribution is -2.32. The predicted octanol–water partition coefficient (Wildman–Crippen LogP) is -0.206. The average molecular weight is 350 g/mol. The molecule has 10 heteroatoms. The molecule has 22 heavy (non-hydrogen) atoms. The van der Waals surface area contributed by atoms with E-state index in [2.05, 4.69) is 25.6 Å². The average Bonchev–Trinajstić information content (AvgIpc) is 2.43. The fourth-order valence-electron chi connectivity index (χ4n) is 1.71. The van der Waals surface area contributed by atoms with Gasteiger partial charge in [0.05, 0.1) is 10.9 Å². The minimum absolute atomic E-state index is 0. The van der Waals surface area contributed by atoms with E-state index in [4.69, 9.17) is 0 Å². The molecule has 0 bridgehead atoms. The molecule has 0 aliphatic heterocycles. The highest BCUT2D eigenvalue weighted by Gasteiger charge is 2.09. The van der Waals surface area contributed by atoms with E-state index in [1.165, 1.54) is 12.3 Å². The second-order valence-corrected chi connectivity index (χ2v) is 4.14. The maximum Gasteiger partial charge on any atom is 0.327 e. The van der Waals surface area contributed by atoms with Gasteiger partial charge in [-0.1, -0.05) is 6.92 Å². The fourth-order valence-corrected chi connectivity index (χ4v) is 1.71. The number of fused-ring (bicyclic) bond motifs is 1. The molecule has 8 nitrogen and oxygen atoms in total. The molecule has 0 aromatic carbocycles. The second kappa shape index (κ2) is 9.19. The van der Waals surface area contributed by atoms with Crippen molar-refractivity contribution < 1.29 is 4.79 Å². The van der Waals surface area contributed by atoms with Crippen molar-refractivity contribution in [1.29, 1.82) is 0 Å². The van der Waals surface area contributed by atoms with Crippen LogP contribution in [0.25, 0.3) is 11.0 Å². The fraction of sp³-hybridized carbons (Fsp3) is 0.333. The summed E-state index contributed by atoms with van der Waals surface area (Å²) >= 11 is 0. The molecule has 2 rings (SSSR count). The number of nitrogens with one attached hydrogen (secondary N) is 4. The summed E-state index contributed by atoms with van der Waals surface area (Å²) in [5, 5.41) is 5.95. The van der Waals surface area contributed by atoms with E-state index in [1.54, 1.807) is 0 Å². The van der Waals surface area contributed by atoms with Crippen LogP contribution in [0.1, 0.15) is 17.3 Å². The summed E-state index contributed by atoms with van der Waals surface area (Å²) in [6, 6.07) is 1.40. The number of aromatic nitrogens is 3. The van der Waals surface area contributed by atoms with Crippen molar-refractivity contribution in [2.24, 2.45) is 0 Å². The molecule has 0 spiro atoms. The summed E-state index contributed by atoms with van der Waals surface area (Å²) < 4.78 is 0. The third kappa shape index (κ3) is 4.83. The van der Waals surface area contributed by atoms with Gasteiger partial charge in [-0.3, -0.25) is 19.6 Å². The summed E-state index contributed by atoms with van der Waals surface area (Å²) in [6.45, 7) is 3.95. The van der Waals surface area contributed by atoms with Gasteiger partial charge in [0.1, 0.15) is 5.65 Å². The highest BCUT2D eigenvalue weighted by atomic mass is 35.5. The van der Waals surface area contributed by atoms with Crippen LogP contribution < -0.4 is 21.9 Å². The van der Waals surface area contributed by atoms with Gasteiger partial charge in [0.25, 0.3) is 11.5 Å². The smallest absolute Gasteiger partial charge is 0.327 e. The van der Waals surface area contributed by atoms with Crippen molar-refractivity contribution in [1.82, 2.24) is 25.6 Å². The maximum absolute atomic E-state index is 11.9. The third-order valence-electron chi connectivity index (χ3n) is 2.69. The number of nitrogens with zero attached hydrogens (tertiary/aromatic N) is 1. The van der Waals surface area contributed by atoms with Gasteiger partial charge in [-0.25, -0.2) is 9.78 Å². The van der Waals surface area contributed by atoms with Gasteiger partial charge in [0.15, 0.2) is 0 Å². The molecule has 2 aromatic heterocycles. The van der Waals surface area contributed by atoms with Crippen molar-refractivity contribution in [2.45, 2.75) is 6.92 Å². The largest absolute Gasteiger partial charge is 0.351 e. The quantitative estimate of drug-likeness (QED) is 0.557. The summed E-state index contributed by atoms with van der Waals surface area (Å²) in [6.07, 6.45) is 1.32. The lowest BCUT2D eigenvalue weighted by Gasteiger charge is -2.05. The Kier molecular flexibility index (Phi) is 8.39. The lowest BCUT2D eigenvalue weighted by atomic mass is 10.2. The van der Waals surface area contributed by atoms with Crippen LogP contribution in [0.3, 0.4) is 0 Å². The molecule has 2 heterocycles. The second-order valence-electron chi connectivity index (χ2n) is 4.14. The van der Waals surface area contributed by atoms with E-state index in [1.807, 2.05) is 6.92 Å². The van der Waals surface area contributed by atoms with Crippen LogP contribution >= 0.6 is 24.8 Å². The van der Waals surface area contributed by atoms with E-state index in [-0.39, 0.29) is 47.3 Å². The van der Waals surface area contributed by atoms with Crippen molar-refractivity contribution in [2.75, 3.05) is 19.6 Å². The molecule has 122 valence electrons. The van der Waals surface area contributed by atoms with Crippen LogP contribution in [-0.4, -0.2) is 40.5 Å². The number of halogens is 2. The number of carbonyl (C=O) groups excluding carboxylic acids is 1. The van der Waals surface area contributed by atoms with Crippen LogP contribution in [0, 0.1) is 0 Å². The SMILES string of the molecule is CCNCCNC(=O)c1cnc2[nH]c(=O)[nH]c(=O)c2c1.Cl.Cl. The first-order valence-corrected chi connectivity index (χ1v) is 6.23. The van der Waals surface area contributed by atoms with Crippen molar-refractivity contribution in [3.05, 3.63) is 38.7 Å². The van der Waals surface area contributed by atoms with Crippen molar-refractivity contribution in [3.63, 3.8) is 0 Å². The molecule has 0 radical (unpaired) electrons. The molecule has 0 atom stereocenters. The Bertz CT molecular complexity index is 743. The number of aromatic amines is 2. The first-order chi connectivity index (χ1) is 9.61. The van der Waals surface area contributed by atoms with Crippen LogP contribution in [0.2, 0.25) is 0 Å². The van der Waals surface area contributed by atoms with Crippen LogP contribution in [0.5, 0.6) is 0 Å². The normalized spacial score (nSPS) is 9.68. The molecular formula is C12H17Cl2N5O3. The number of hydrogen-bond acceptors (Lipinski definition) is 5. The first-order valence-electron chi connectivity index (χ1n) is 6.23. The summed E-state index contributed by atoms with van der Waals surface area (Å²) in [5.41, 5.74) is -0.772. The maximum atomic E-state index is 11.9. The van der Waals surface area contributed by atoms with E-state index >= 15 is 0 Å². The minimum Gasteiger partial charge on any atom is -0.351 e. The highest BCUT2D eigenvalue weighted by molar-refractivity contribution is 5.96. The van der Waals surface area contributed by atoms with Crippen molar-refractivity contribution in [3.8, 4) is 0 Å².